The number of hydrogen-bond donors (Lipinski definition) is 1. The van der Waals surface area contributed by atoms with Crippen molar-refractivity contribution < 1.29 is 14.5 Å². The number of unbranched alkanes of at least 4 members (excludes halogenated alkanes) is 1. The molecule has 8 heteroatoms. The van der Waals surface area contributed by atoms with Crippen LogP contribution >= 0.6 is 0 Å². The molecule has 0 aliphatic rings. The van der Waals surface area contributed by atoms with Gasteiger partial charge in [-0.2, -0.15) is 0 Å². The summed E-state index contributed by atoms with van der Waals surface area (Å²) in [6, 6.07) is 7.96. The number of Topliss-reactive ketones (excluding diaryl/α,β-unsaturated/α-hetero) is 1. The van der Waals surface area contributed by atoms with Gasteiger partial charge >= 0.3 is 0 Å². The molecule has 0 saturated carbocycles. The van der Waals surface area contributed by atoms with E-state index in [9.17, 15) is 24.5 Å². The highest BCUT2D eigenvalue weighted by Gasteiger charge is 2.30. The predicted molar refractivity (Wildman–Crippen MR) is 95.1 cm³/mol. The zero-order valence-corrected chi connectivity index (χ0v) is 14.3. The van der Waals surface area contributed by atoms with Gasteiger partial charge < -0.3 is 5.32 Å². The molecule has 0 aliphatic heterocycles. The van der Waals surface area contributed by atoms with E-state index >= 15 is 0 Å². The van der Waals surface area contributed by atoms with Crippen molar-refractivity contribution in [2.75, 3.05) is 6.54 Å². The largest absolute Gasteiger partial charge is 0.354 e. The van der Waals surface area contributed by atoms with E-state index in [2.05, 4.69) is 5.32 Å². The molecule has 0 bridgehead atoms. The number of non-ortho nitro benzene ring substituents is 1. The second-order valence-corrected chi connectivity index (χ2v) is 5.66. The third kappa shape index (κ3) is 4.41. The molecular weight excluding hydrogens is 338 g/mol. The minimum absolute atomic E-state index is 0.00871. The average molecular weight is 357 g/mol. The number of nitrogens with one attached hydrogen (secondary N) is 1. The Labute approximate surface area is 149 Å². The van der Waals surface area contributed by atoms with Gasteiger partial charge in [0.1, 0.15) is 0 Å². The summed E-state index contributed by atoms with van der Waals surface area (Å²) in [5.41, 5.74) is -0.783. The van der Waals surface area contributed by atoms with E-state index in [0.29, 0.717) is 6.54 Å². The van der Waals surface area contributed by atoms with Crippen molar-refractivity contribution in [3.05, 3.63) is 74.7 Å². The zero-order chi connectivity index (χ0) is 19.1. The van der Waals surface area contributed by atoms with Crippen molar-refractivity contribution in [1.29, 1.82) is 0 Å². The lowest BCUT2D eigenvalue weighted by Crippen LogP contribution is -2.41. The summed E-state index contributed by atoms with van der Waals surface area (Å²) >= 11 is 0. The number of carbonyl (C=O) groups is 2. The summed E-state index contributed by atoms with van der Waals surface area (Å²) < 4.78 is 1.03. The highest BCUT2D eigenvalue weighted by molar-refractivity contribution is 6.12. The van der Waals surface area contributed by atoms with Crippen LogP contribution in [-0.2, 0) is 4.79 Å². The van der Waals surface area contributed by atoms with Crippen LogP contribution in [0.4, 0.5) is 5.69 Å². The van der Waals surface area contributed by atoms with Crippen molar-refractivity contribution >= 4 is 17.4 Å². The Morgan fingerprint density at radius 2 is 2.00 bits per heavy atom. The Bertz CT molecular complexity index is 875. The van der Waals surface area contributed by atoms with Crippen LogP contribution in [0.3, 0.4) is 0 Å². The van der Waals surface area contributed by atoms with Gasteiger partial charge in [-0.15, -0.1) is 0 Å². The molecule has 0 saturated heterocycles. The summed E-state index contributed by atoms with van der Waals surface area (Å²) in [5, 5.41) is 13.6. The molecule has 1 heterocycles. The SMILES string of the molecule is CCCCNC(=O)C(C(=O)c1cccc([N+](=O)[O-])c1)n1ccccc1=O. The number of amides is 1. The minimum Gasteiger partial charge on any atom is -0.354 e. The Morgan fingerprint density at radius 1 is 1.23 bits per heavy atom. The number of pyridine rings is 1. The number of aromatic nitrogens is 1. The molecule has 1 unspecified atom stereocenters. The summed E-state index contributed by atoms with van der Waals surface area (Å²) in [6.07, 6.45) is 2.93. The molecule has 1 amide bonds. The van der Waals surface area contributed by atoms with Crippen molar-refractivity contribution in [2.45, 2.75) is 25.8 Å². The lowest BCUT2D eigenvalue weighted by molar-refractivity contribution is -0.384. The third-order valence-electron chi connectivity index (χ3n) is 3.80. The number of nitrogens with zero attached hydrogens (tertiary/aromatic N) is 2. The Balaban J connectivity index is 2.43. The standard InChI is InChI=1S/C18H19N3O5/c1-2-3-10-19-18(24)16(20-11-5-4-9-15(20)22)17(23)13-7-6-8-14(12-13)21(25)26/h4-9,11-12,16H,2-3,10H2,1H3,(H,19,24). The maximum absolute atomic E-state index is 12.9. The molecule has 1 atom stereocenters. The first kappa shape index (κ1) is 19.0. The van der Waals surface area contributed by atoms with Gasteiger partial charge in [0, 0.05) is 36.5 Å². The van der Waals surface area contributed by atoms with Crippen LogP contribution in [0.1, 0.15) is 36.2 Å². The van der Waals surface area contributed by atoms with Gasteiger partial charge in [0.15, 0.2) is 11.8 Å². The van der Waals surface area contributed by atoms with Crippen LogP contribution in [0.2, 0.25) is 0 Å². The number of ketones is 1. The molecule has 0 radical (unpaired) electrons. The van der Waals surface area contributed by atoms with Crippen LogP contribution < -0.4 is 10.9 Å². The van der Waals surface area contributed by atoms with E-state index in [-0.39, 0.29) is 11.3 Å². The highest BCUT2D eigenvalue weighted by Crippen LogP contribution is 2.19. The maximum atomic E-state index is 12.9. The van der Waals surface area contributed by atoms with Crippen LogP contribution in [0.15, 0.2) is 53.5 Å². The van der Waals surface area contributed by atoms with Gasteiger partial charge in [-0.1, -0.05) is 31.5 Å². The molecule has 2 rings (SSSR count). The molecule has 0 aliphatic carbocycles. The van der Waals surface area contributed by atoms with E-state index in [0.717, 1.165) is 23.5 Å². The summed E-state index contributed by atoms with van der Waals surface area (Å²) in [7, 11) is 0. The van der Waals surface area contributed by atoms with Gasteiger partial charge in [0.2, 0.25) is 0 Å². The van der Waals surface area contributed by atoms with E-state index in [1.54, 1.807) is 0 Å². The van der Waals surface area contributed by atoms with Crippen molar-refractivity contribution in [1.82, 2.24) is 9.88 Å². The molecule has 136 valence electrons. The minimum atomic E-state index is -1.43. The second-order valence-electron chi connectivity index (χ2n) is 5.66. The molecule has 0 fully saturated rings. The number of nitro groups is 1. The first-order chi connectivity index (χ1) is 12.5. The smallest absolute Gasteiger partial charge is 0.270 e. The molecule has 26 heavy (non-hydrogen) atoms. The van der Waals surface area contributed by atoms with Crippen LogP contribution in [0, 0.1) is 10.1 Å². The number of benzene rings is 1. The number of carbonyl (C=O) groups excluding carboxylic acids is 2. The maximum Gasteiger partial charge on any atom is 0.270 e. The fraction of sp³-hybridized carbons (Fsp3) is 0.278. The van der Waals surface area contributed by atoms with E-state index in [4.69, 9.17) is 0 Å². The Morgan fingerprint density at radius 3 is 2.65 bits per heavy atom. The zero-order valence-electron chi connectivity index (χ0n) is 14.3. The quantitative estimate of drug-likeness (QED) is 0.256. The molecule has 0 spiro atoms. The average Bonchev–Trinajstić information content (AvgIpc) is 2.63. The summed E-state index contributed by atoms with van der Waals surface area (Å²) in [4.78, 5) is 47.9. The molecule has 8 nitrogen and oxygen atoms in total. The fourth-order valence-electron chi connectivity index (χ4n) is 2.44. The normalized spacial score (nSPS) is 11.6. The van der Waals surface area contributed by atoms with Gasteiger partial charge in [-0.3, -0.25) is 29.1 Å². The van der Waals surface area contributed by atoms with Crippen LogP contribution in [-0.4, -0.2) is 27.7 Å². The van der Waals surface area contributed by atoms with E-state index < -0.39 is 28.2 Å². The molecule has 1 aromatic heterocycles. The van der Waals surface area contributed by atoms with Gasteiger partial charge in [0.25, 0.3) is 17.2 Å². The monoisotopic (exact) mass is 357 g/mol. The van der Waals surface area contributed by atoms with Crippen molar-refractivity contribution in [3.8, 4) is 0 Å². The Kier molecular flexibility index (Phi) is 6.37. The highest BCUT2D eigenvalue weighted by atomic mass is 16.6. The molecule has 1 aromatic carbocycles. The van der Waals surface area contributed by atoms with Gasteiger partial charge in [-0.05, 0) is 12.5 Å². The van der Waals surface area contributed by atoms with Crippen LogP contribution in [0.5, 0.6) is 0 Å². The first-order valence-electron chi connectivity index (χ1n) is 8.19. The van der Waals surface area contributed by atoms with Crippen LogP contribution in [0.25, 0.3) is 0 Å². The van der Waals surface area contributed by atoms with Crippen molar-refractivity contribution in [2.24, 2.45) is 0 Å². The van der Waals surface area contributed by atoms with Gasteiger partial charge in [0.05, 0.1) is 4.92 Å². The number of rotatable bonds is 8. The number of nitro benzene ring substituents is 1. The first-order valence-corrected chi connectivity index (χ1v) is 8.19. The topological polar surface area (TPSA) is 111 Å². The Hall–Kier alpha value is -3.29. The second kappa shape index (κ2) is 8.70. The number of hydrogen-bond acceptors (Lipinski definition) is 5. The summed E-state index contributed by atoms with van der Waals surface area (Å²) in [5.74, 6) is -1.31. The summed E-state index contributed by atoms with van der Waals surface area (Å²) in [6.45, 7) is 2.33. The third-order valence-corrected chi connectivity index (χ3v) is 3.80. The lowest BCUT2D eigenvalue weighted by atomic mass is 10.0. The molecular formula is C18H19N3O5. The lowest BCUT2D eigenvalue weighted by Gasteiger charge is -2.18. The molecule has 1 N–H and O–H groups in total. The predicted octanol–water partition coefficient (Wildman–Crippen LogP) is 2.10. The molecule has 2 aromatic rings. The van der Waals surface area contributed by atoms with E-state index in [1.807, 2.05) is 6.92 Å². The fourth-order valence-corrected chi connectivity index (χ4v) is 2.44. The van der Waals surface area contributed by atoms with E-state index in [1.165, 1.54) is 42.6 Å². The van der Waals surface area contributed by atoms with Crippen molar-refractivity contribution in [3.63, 3.8) is 0 Å². The van der Waals surface area contributed by atoms with Gasteiger partial charge in [-0.25, -0.2) is 0 Å².